The van der Waals surface area contributed by atoms with E-state index in [9.17, 15) is 9.59 Å². The zero-order valence-corrected chi connectivity index (χ0v) is 11.6. The van der Waals surface area contributed by atoms with Crippen LogP contribution in [0.15, 0.2) is 0 Å². The summed E-state index contributed by atoms with van der Waals surface area (Å²) in [5.74, 6) is -1.00. The van der Waals surface area contributed by atoms with E-state index in [1.54, 1.807) is 7.05 Å². The maximum Gasteiger partial charge on any atom is 0.326 e. The monoisotopic (exact) mass is 260 g/mol. The summed E-state index contributed by atoms with van der Waals surface area (Å²) < 4.78 is 5.32. The first kappa shape index (κ1) is 16.7. The van der Waals surface area contributed by atoms with Crippen LogP contribution in [-0.4, -0.2) is 54.4 Å². The van der Waals surface area contributed by atoms with Gasteiger partial charge in [0.1, 0.15) is 6.04 Å². The number of nitrogens with zero attached hydrogens (tertiary/aromatic N) is 1. The van der Waals surface area contributed by atoms with Crippen molar-refractivity contribution in [3.63, 3.8) is 0 Å². The SMILES string of the molecule is CCC[C@H](NC(=O)N(C)CCOC(C)C)C(=O)O. The van der Waals surface area contributed by atoms with Gasteiger partial charge < -0.3 is 20.1 Å². The van der Waals surface area contributed by atoms with Crippen LogP contribution in [-0.2, 0) is 9.53 Å². The first-order valence-corrected chi connectivity index (χ1v) is 6.24. The van der Waals surface area contributed by atoms with Crippen molar-refractivity contribution in [3.8, 4) is 0 Å². The Kier molecular flexibility index (Phi) is 8.11. The zero-order valence-electron chi connectivity index (χ0n) is 11.6. The fourth-order valence-electron chi connectivity index (χ4n) is 1.33. The van der Waals surface area contributed by atoms with Crippen molar-refractivity contribution in [2.75, 3.05) is 20.2 Å². The second-order valence-corrected chi connectivity index (χ2v) is 4.47. The van der Waals surface area contributed by atoms with Crippen LogP contribution in [0.25, 0.3) is 0 Å². The lowest BCUT2D eigenvalue weighted by Crippen LogP contribution is -2.47. The highest BCUT2D eigenvalue weighted by Crippen LogP contribution is 1.98. The number of amides is 2. The quantitative estimate of drug-likeness (QED) is 0.689. The van der Waals surface area contributed by atoms with Gasteiger partial charge in [0, 0.05) is 13.6 Å². The Balaban J connectivity index is 4.08. The van der Waals surface area contributed by atoms with Crippen molar-refractivity contribution in [1.82, 2.24) is 10.2 Å². The second kappa shape index (κ2) is 8.74. The minimum absolute atomic E-state index is 0.119. The van der Waals surface area contributed by atoms with Gasteiger partial charge in [-0.2, -0.15) is 0 Å². The number of aliphatic carboxylic acids is 1. The molecule has 0 aliphatic rings. The molecule has 0 saturated heterocycles. The van der Waals surface area contributed by atoms with Crippen LogP contribution in [0.5, 0.6) is 0 Å². The number of ether oxygens (including phenoxy) is 1. The van der Waals surface area contributed by atoms with Crippen molar-refractivity contribution in [2.24, 2.45) is 0 Å². The smallest absolute Gasteiger partial charge is 0.326 e. The van der Waals surface area contributed by atoms with Crippen molar-refractivity contribution in [1.29, 1.82) is 0 Å². The molecular weight excluding hydrogens is 236 g/mol. The number of hydrogen-bond donors (Lipinski definition) is 2. The predicted octanol–water partition coefficient (Wildman–Crippen LogP) is 1.31. The molecule has 0 aromatic heterocycles. The number of nitrogens with one attached hydrogen (secondary N) is 1. The van der Waals surface area contributed by atoms with Crippen LogP contribution >= 0.6 is 0 Å². The Labute approximate surface area is 108 Å². The van der Waals surface area contributed by atoms with Gasteiger partial charge in [0.15, 0.2) is 0 Å². The number of carboxylic acid groups (broad SMARTS) is 1. The Hall–Kier alpha value is -1.30. The van der Waals surface area contributed by atoms with Crippen molar-refractivity contribution >= 4 is 12.0 Å². The number of urea groups is 1. The van der Waals surface area contributed by atoms with Gasteiger partial charge in [-0.15, -0.1) is 0 Å². The average Bonchev–Trinajstić information content (AvgIpc) is 2.27. The maximum absolute atomic E-state index is 11.7. The van der Waals surface area contributed by atoms with Gasteiger partial charge in [-0.05, 0) is 20.3 Å². The first-order valence-electron chi connectivity index (χ1n) is 6.24. The largest absolute Gasteiger partial charge is 0.480 e. The van der Waals surface area contributed by atoms with E-state index in [0.29, 0.717) is 26.0 Å². The second-order valence-electron chi connectivity index (χ2n) is 4.47. The van der Waals surface area contributed by atoms with Crippen molar-refractivity contribution in [2.45, 2.75) is 45.8 Å². The van der Waals surface area contributed by atoms with Crippen molar-refractivity contribution < 1.29 is 19.4 Å². The highest BCUT2D eigenvalue weighted by atomic mass is 16.5. The molecule has 0 saturated carbocycles. The van der Waals surface area contributed by atoms with E-state index < -0.39 is 12.0 Å². The predicted molar refractivity (Wildman–Crippen MR) is 68.6 cm³/mol. The summed E-state index contributed by atoms with van der Waals surface area (Å²) in [5, 5.41) is 11.4. The van der Waals surface area contributed by atoms with Crippen LogP contribution in [0.3, 0.4) is 0 Å². The summed E-state index contributed by atoms with van der Waals surface area (Å²) in [4.78, 5) is 24.0. The fraction of sp³-hybridized carbons (Fsp3) is 0.833. The van der Waals surface area contributed by atoms with Gasteiger partial charge in [0.2, 0.25) is 0 Å². The summed E-state index contributed by atoms with van der Waals surface area (Å²) in [5.41, 5.74) is 0. The van der Waals surface area contributed by atoms with Gasteiger partial charge >= 0.3 is 12.0 Å². The Morgan fingerprint density at radius 3 is 2.44 bits per heavy atom. The molecule has 1 atom stereocenters. The number of hydrogen-bond acceptors (Lipinski definition) is 3. The fourth-order valence-corrected chi connectivity index (χ4v) is 1.33. The summed E-state index contributed by atoms with van der Waals surface area (Å²) in [6, 6.07) is -1.21. The van der Waals surface area contributed by atoms with Crippen LogP contribution in [0.4, 0.5) is 4.79 Å². The molecule has 18 heavy (non-hydrogen) atoms. The molecule has 0 aliphatic heterocycles. The Morgan fingerprint density at radius 2 is 2.00 bits per heavy atom. The summed E-state index contributed by atoms with van der Waals surface area (Å²) in [6.07, 6.45) is 1.25. The van der Waals surface area contributed by atoms with Gasteiger partial charge in [0.05, 0.1) is 12.7 Å². The molecule has 0 bridgehead atoms. The lowest BCUT2D eigenvalue weighted by atomic mass is 10.2. The number of carbonyl (C=O) groups is 2. The topological polar surface area (TPSA) is 78.9 Å². The number of rotatable bonds is 8. The summed E-state index contributed by atoms with van der Waals surface area (Å²) in [6.45, 7) is 6.58. The van der Waals surface area contributed by atoms with E-state index in [0.717, 1.165) is 0 Å². The Bertz CT molecular complexity index is 269. The van der Waals surface area contributed by atoms with E-state index in [-0.39, 0.29) is 12.1 Å². The molecule has 0 aromatic rings. The molecule has 0 radical (unpaired) electrons. The third-order valence-electron chi connectivity index (χ3n) is 2.40. The summed E-state index contributed by atoms with van der Waals surface area (Å²) in [7, 11) is 1.61. The van der Waals surface area contributed by atoms with E-state index in [4.69, 9.17) is 9.84 Å². The van der Waals surface area contributed by atoms with Crippen LogP contribution in [0, 0.1) is 0 Å². The number of likely N-dealkylation sites (N-methyl/N-ethyl adjacent to an activating group) is 1. The third kappa shape index (κ3) is 7.11. The average molecular weight is 260 g/mol. The normalized spacial score (nSPS) is 12.3. The van der Waals surface area contributed by atoms with Crippen LogP contribution < -0.4 is 5.32 Å². The molecule has 2 N–H and O–H groups in total. The number of carbonyl (C=O) groups excluding carboxylic acids is 1. The molecule has 6 nitrogen and oxygen atoms in total. The van der Waals surface area contributed by atoms with E-state index in [2.05, 4.69) is 5.32 Å². The Morgan fingerprint density at radius 1 is 1.39 bits per heavy atom. The van der Waals surface area contributed by atoms with Gasteiger partial charge in [-0.1, -0.05) is 13.3 Å². The van der Waals surface area contributed by atoms with Crippen LogP contribution in [0.2, 0.25) is 0 Å². The summed E-state index contributed by atoms with van der Waals surface area (Å²) >= 11 is 0. The van der Waals surface area contributed by atoms with Gasteiger partial charge in [-0.3, -0.25) is 0 Å². The molecule has 0 unspecified atom stereocenters. The molecule has 0 fully saturated rings. The molecule has 6 heteroatoms. The van der Waals surface area contributed by atoms with Gasteiger partial charge in [0.25, 0.3) is 0 Å². The zero-order chi connectivity index (χ0) is 14.1. The standard InChI is InChI=1S/C12H24N2O4/c1-5-6-10(11(15)16)13-12(17)14(4)7-8-18-9(2)3/h9-10H,5-8H2,1-4H3,(H,13,17)(H,15,16)/t10-/m0/s1. The minimum atomic E-state index is -1.00. The van der Waals surface area contributed by atoms with E-state index in [1.165, 1.54) is 4.90 Å². The molecule has 0 heterocycles. The molecule has 0 aliphatic carbocycles. The highest BCUT2D eigenvalue weighted by molar-refractivity contribution is 5.82. The molecule has 0 rings (SSSR count). The van der Waals surface area contributed by atoms with Gasteiger partial charge in [-0.25, -0.2) is 9.59 Å². The number of carboxylic acids is 1. The molecule has 0 spiro atoms. The minimum Gasteiger partial charge on any atom is -0.480 e. The molecule has 106 valence electrons. The molecular formula is C12H24N2O4. The lowest BCUT2D eigenvalue weighted by Gasteiger charge is -2.21. The van der Waals surface area contributed by atoms with Crippen molar-refractivity contribution in [3.05, 3.63) is 0 Å². The molecule has 2 amide bonds. The third-order valence-corrected chi connectivity index (χ3v) is 2.40. The van der Waals surface area contributed by atoms with E-state index >= 15 is 0 Å². The molecule has 0 aromatic carbocycles. The lowest BCUT2D eigenvalue weighted by molar-refractivity contribution is -0.139. The van der Waals surface area contributed by atoms with E-state index in [1.807, 2.05) is 20.8 Å². The maximum atomic E-state index is 11.7. The first-order chi connectivity index (χ1) is 8.38. The highest BCUT2D eigenvalue weighted by Gasteiger charge is 2.20. The van der Waals surface area contributed by atoms with Crippen LogP contribution in [0.1, 0.15) is 33.6 Å².